The number of hydrogen-bond acceptors (Lipinski definition) is 2. The summed E-state index contributed by atoms with van der Waals surface area (Å²) >= 11 is 0. The van der Waals surface area contributed by atoms with Crippen LogP contribution < -0.4 is 0 Å². The van der Waals surface area contributed by atoms with Crippen molar-refractivity contribution in [2.24, 2.45) is 0 Å². The van der Waals surface area contributed by atoms with Gasteiger partial charge < -0.3 is 19.1 Å². The molecule has 0 spiro atoms. The first-order valence-electron chi connectivity index (χ1n) is 23.2. The highest BCUT2D eigenvalue weighted by atomic mass is 15.0. The van der Waals surface area contributed by atoms with Gasteiger partial charge in [0.15, 0.2) is 0 Å². The fourth-order valence-corrected chi connectivity index (χ4v) is 10.2. The van der Waals surface area contributed by atoms with Crippen molar-refractivity contribution in [2.75, 3.05) is 0 Å². The number of aromatic nitrogens is 6. The molecule has 13 rings (SSSR count). The quantitative estimate of drug-likeness (QED) is 0.160. The van der Waals surface area contributed by atoms with Crippen molar-refractivity contribution in [2.45, 2.75) is 13.1 Å². The van der Waals surface area contributed by atoms with Gasteiger partial charge >= 0.3 is 0 Å². The third-order valence-electron chi connectivity index (χ3n) is 13.3. The lowest BCUT2D eigenvalue weighted by Crippen LogP contribution is -1.97. The molecule has 322 valence electrons. The smallest absolute Gasteiger partial charge is 0.0832 e. The molecule has 8 bridgehead atoms. The van der Waals surface area contributed by atoms with Crippen LogP contribution in [0.25, 0.3) is 112 Å². The Labute approximate surface area is 394 Å². The van der Waals surface area contributed by atoms with Crippen molar-refractivity contribution in [1.29, 1.82) is 0 Å². The Morgan fingerprint density at radius 1 is 0.279 bits per heavy atom. The number of aromatic amines is 2. The van der Waals surface area contributed by atoms with Crippen molar-refractivity contribution in [1.82, 2.24) is 29.1 Å². The van der Waals surface area contributed by atoms with Crippen LogP contribution in [0.15, 0.2) is 231 Å². The van der Waals surface area contributed by atoms with E-state index in [4.69, 9.17) is 9.97 Å². The predicted octanol–water partition coefficient (Wildman–Crippen LogP) is 15.4. The second kappa shape index (κ2) is 16.5. The third kappa shape index (κ3) is 6.90. The minimum atomic E-state index is 0.718. The van der Waals surface area contributed by atoms with Crippen LogP contribution in [0.5, 0.6) is 0 Å². The largest absolute Gasteiger partial charge is 0.354 e. The summed E-state index contributed by atoms with van der Waals surface area (Å²) in [5.41, 5.74) is 22.7. The summed E-state index contributed by atoms with van der Waals surface area (Å²) in [6.07, 6.45) is 9.16. The molecule has 0 fully saturated rings. The van der Waals surface area contributed by atoms with Crippen molar-refractivity contribution < 1.29 is 0 Å². The van der Waals surface area contributed by atoms with Crippen molar-refractivity contribution in [3.63, 3.8) is 0 Å². The van der Waals surface area contributed by atoms with Crippen LogP contribution in [0, 0.1) is 0 Å². The summed E-state index contributed by atoms with van der Waals surface area (Å²) in [6, 6.07) is 73.0. The Morgan fingerprint density at radius 2 is 0.544 bits per heavy atom. The van der Waals surface area contributed by atoms with Crippen molar-refractivity contribution >= 4 is 22.1 Å². The maximum atomic E-state index is 5.88. The molecule has 2 aliphatic rings. The maximum absolute atomic E-state index is 5.88. The topological polar surface area (TPSA) is 67.2 Å². The molecule has 68 heavy (non-hydrogen) atoms. The van der Waals surface area contributed by atoms with Gasteiger partial charge in [-0.1, -0.05) is 182 Å². The Morgan fingerprint density at radius 3 is 0.882 bits per heavy atom. The minimum absolute atomic E-state index is 0.718. The van der Waals surface area contributed by atoms with Gasteiger partial charge in [0.25, 0.3) is 0 Å². The summed E-state index contributed by atoms with van der Waals surface area (Å²) in [6.45, 7) is 1.44. The van der Waals surface area contributed by atoms with Gasteiger partial charge in [0.1, 0.15) is 0 Å². The second-order valence-electron chi connectivity index (χ2n) is 17.6. The summed E-state index contributed by atoms with van der Waals surface area (Å²) in [7, 11) is 0. The first-order valence-corrected chi connectivity index (χ1v) is 23.2. The summed E-state index contributed by atoms with van der Waals surface area (Å²) in [5.74, 6) is 0. The van der Waals surface area contributed by atoms with Gasteiger partial charge in [0, 0.05) is 104 Å². The molecule has 0 saturated heterocycles. The normalized spacial score (nSPS) is 11.6. The first-order chi connectivity index (χ1) is 33.7. The zero-order chi connectivity index (χ0) is 45.0. The summed E-state index contributed by atoms with van der Waals surface area (Å²) in [5, 5.41) is 0. The van der Waals surface area contributed by atoms with Gasteiger partial charge in [-0.2, -0.15) is 0 Å². The van der Waals surface area contributed by atoms with Gasteiger partial charge in [-0.25, -0.2) is 9.97 Å². The van der Waals surface area contributed by atoms with Crippen molar-refractivity contribution in [3.8, 4) is 89.5 Å². The van der Waals surface area contributed by atoms with E-state index < -0.39 is 0 Å². The average molecular weight is 873 g/mol. The summed E-state index contributed by atoms with van der Waals surface area (Å²) < 4.78 is 4.64. The molecule has 0 saturated carbocycles. The Balaban J connectivity index is 1.24. The van der Waals surface area contributed by atoms with E-state index in [1.54, 1.807) is 0 Å². The molecule has 0 amide bonds. The Hall–Kier alpha value is -9.00. The van der Waals surface area contributed by atoms with E-state index in [9.17, 15) is 0 Å². The monoisotopic (exact) mass is 872 g/mol. The van der Waals surface area contributed by atoms with Gasteiger partial charge in [0.05, 0.1) is 22.8 Å². The fourth-order valence-electron chi connectivity index (χ4n) is 10.2. The van der Waals surface area contributed by atoms with Crippen LogP contribution in [-0.4, -0.2) is 29.1 Å². The third-order valence-corrected chi connectivity index (χ3v) is 13.3. The number of fused-ring (bicyclic) bond motifs is 14. The molecule has 11 aromatic rings. The van der Waals surface area contributed by atoms with E-state index in [0.29, 0.717) is 0 Å². The molecule has 0 aliphatic carbocycles. The lowest BCUT2D eigenvalue weighted by Gasteiger charge is -2.09. The number of nitrogens with zero attached hydrogens (tertiary/aromatic N) is 4. The van der Waals surface area contributed by atoms with Crippen LogP contribution in [0.1, 0.15) is 11.1 Å². The molecular weight excluding hydrogens is 829 g/mol. The van der Waals surface area contributed by atoms with Crippen LogP contribution in [-0.2, 0) is 13.1 Å². The molecule has 2 aliphatic heterocycles. The van der Waals surface area contributed by atoms with E-state index in [0.717, 1.165) is 125 Å². The molecule has 7 heterocycles. The van der Waals surface area contributed by atoms with Crippen LogP contribution in [0.4, 0.5) is 0 Å². The van der Waals surface area contributed by atoms with Crippen LogP contribution >= 0.6 is 0 Å². The highest BCUT2D eigenvalue weighted by Crippen LogP contribution is 2.51. The average Bonchev–Trinajstić information content (AvgIpc) is 4.27. The molecule has 6 nitrogen and oxygen atoms in total. The van der Waals surface area contributed by atoms with E-state index >= 15 is 0 Å². The molecule has 0 atom stereocenters. The van der Waals surface area contributed by atoms with Gasteiger partial charge in [0.2, 0.25) is 0 Å². The number of hydrogen-bond donors (Lipinski definition) is 2. The van der Waals surface area contributed by atoms with Crippen LogP contribution in [0.2, 0.25) is 0 Å². The molecule has 6 heteroatoms. The van der Waals surface area contributed by atoms with Gasteiger partial charge in [-0.05, 0) is 57.6 Å². The van der Waals surface area contributed by atoms with E-state index in [2.05, 4.69) is 250 Å². The Kier molecular flexibility index (Phi) is 9.53. The molecule has 2 N–H and O–H groups in total. The zero-order valence-corrected chi connectivity index (χ0v) is 37.1. The standard InChI is InChI=1S/C62H44N6/c1-7-19-41(20-8-1)35-67-37-47-49(39-67)61-58(46-29-17-6-18-30-46)62-50-40-68(36-42-21-9-2-10-22-42)38-48(50)60(66-62)57(45-27-15-5-16-28-45)54-34-32-52(64-54)55(43-23-11-3-12-24-43)51-31-33-53(63-51)56(59(47)65-61)44-25-13-4-14-26-44/h1-34,37-40,63-64H,35-36H2. The lowest BCUT2D eigenvalue weighted by molar-refractivity contribution is 0.806. The second-order valence-corrected chi connectivity index (χ2v) is 17.6. The molecular formula is C62H44N6. The minimum Gasteiger partial charge on any atom is -0.354 e. The van der Waals surface area contributed by atoms with E-state index in [1.807, 2.05) is 0 Å². The fraction of sp³-hybridized carbons (Fsp3) is 0.0323. The zero-order valence-electron chi connectivity index (χ0n) is 37.1. The number of rotatable bonds is 8. The van der Waals surface area contributed by atoms with E-state index in [1.165, 1.54) is 11.1 Å². The number of H-pyrrole nitrogens is 2. The molecule has 5 aromatic heterocycles. The summed E-state index contributed by atoms with van der Waals surface area (Å²) in [4.78, 5) is 19.7. The Bertz CT molecular complexity index is 3600. The maximum Gasteiger partial charge on any atom is 0.0832 e. The molecule has 0 radical (unpaired) electrons. The number of benzene rings is 6. The lowest BCUT2D eigenvalue weighted by atomic mass is 9.95. The molecule has 6 aromatic carbocycles. The van der Waals surface area contributed by atoms with E-state index in [-0.39, 0.29) is 0 Å². The van der Waals surface area contributed by atoms with Crippen molar-refractivity contribution in [3.05, 3.63) is 242 Å². The van der Waals surface area contributed by atoms with Gasteiger partial charge in [-0.15, -0.1) is 0 Å². The van der Waals surface area contributed by atoms with Crippen LogP contribution in [0.3, 0.4) is 0 Å². The van der Waals surface area contributed by atoms with Gasteiger partial charge in [-0.3, -0.25) is 0 Å². The number of nitrogens with one attached hydrogen (secondary N) is 2. The highest BCUT2D eigenvalue weighted by molar-refractivity contribution is 6.07. The molecule has 0 unspecified atom stereocenters. The SMILES string of the molecule is c1ccc(Cn2cc3c(c2)-c2nc-3c(-c3ccccc3)c3nc(c(-c4ccccc4)c4ccc([nH]4)c(-c4ccccc4)c4ccc([nH]4)c2-c2ccccc2)-c2cn(Cc4ccccc4)cc2-3)cc1. The first kappa shape index (κ1) is 39.4. The predicted molar refractivity (Wildman–Crippen MR) is 279 cm³/mol. The highest BCUT2D eigenvalue weighted by Gasteiger charge is 2.32.